The molecule has 0 fully saturated rings. The summed E-state index contributed by atoms with van der Waals surface area (Å²) in [7, 11) is 0. The van der Waals surface area contributed by atoms with E-state index in [-0.39, 0.29) is 12.1 Å². The third-order valence-corrected chi connectivity index (χ3v) is 2.99. The number of hydrogen-bond acceptors (Lipinski definition) is 0. The average molecular weight is 369 g/mol. The second kappa shape index (κ2) is 6.11. The first-order valence-electron chi connectivity index (χ1n) is 6.41. The first-order valence-corrected chi connectivity index (χ1v) is 6.41. The topological polar surface area (TPSA) is 0 Å². The Balaban J connectivity index is 3.74. The lowest BCUT2D eigenvalue weighted by molar-refractivity contribution is -0.292. The van der Waals surface area contributed by atoms with Gasteiger partial charge in [0.05, 0.1) is 0 Å². The normalized spacial score (nSPS) is 14.4. The summed E-state index contributed by atoms with van der Waals surface area (Å²) in [6.45, 7) is 2.47. The molecule has 0 saturated heterocycles. The van der Waals surface area contributed by atoms with E-state index in [4.69, 9.17) is 0 Å². The highest BCUT2D eigenvalue weighted by atomic mass is 19.4. The van der Waals surface area contributed by atoms with Gasteiger partial charge in [0.1, 0.15) is 0 Å². The van der Waals surface area contributed by atoms with Crippen molar-refractivity contribution in [2.75, 3.05) is 0 Å². The molecule has 24 heavy (non-hydrogen) atoms. The van der Waals surface area contributed by atoms with E-state index in [1.807, 2.05) is 0 Å². The zero-order valence-electron chi connectivity index (χ0n) is 12.2. The van der Waals surface area contributed by atoms with Crippen LogP contribution >= 0.6 is 0 Å². The maximum Gasteiger partial charge on any atom is 0.458 e. The fraction of sp³-hybridized carbons (Fsp3) is 0.500. The molecular formula is C14H11F10. The van der Waals surface area contributed by atoms with Gasteiger partial charge in [0.2, 0.25) is 0 Å². The van der Waals surface area contributed by atoms with Crippen LogP contribution in [-0.2, 0) is 11.8 Å². The molecule has 137 valence electrons. The van der Waals surface area contributed by atoms with E-state index in [0.29, 0.717) is 12.5 Å². The lowest BCUT2D eigenvalue weighted by atomic mass is 9.87. The van der Waals surface area contributed by atoms with Crippen molar-refractivity contribution in [1.82, 2.24) is 0 Å². The molecule has 0 N–H and O–H groups in total. The van der Waals surface area contributed by atoms with Crippen molar-refractivity contribution in [2.45, 2.75) is 38.0 Å². The van der Waals surface area contributed by atoms with Gasteiger partial charge in [-0.05, 0) is 17.9 Å². The highest BCUT2D eigenvalue weighted by Crippen LogP contribution is 2.50. The molecule has 10 heteroatoms. The van der Waals surface area contributed by atoms with Gasteiger partial charge in [0.25, 0.3) is 0 Å². The smallest absolute Gasteiger partial charge is 0.191 e. The van der Waals surface area contributed by atoms with Crippen molar-refractivity contribution < 1.29 is 43.9 Å². The predicted octanol–water partition coefficient (Wildman–Crippen LogP) is 6.20. The zero-order chi connectivity index (χ0) is 19.1. The first kappa shape index (κ1) is 20.6. The van der Waals surface area contributed by atoms with E-state index < -0.39 is 46.8 Å². The van der Waals surface area contributed by atoms with Crippen molar-refractivity contribution in [3.63, 3.8) is 0 Å². The number of rotatable bonds is 4. The molecule has 0 atom stereocenters. The van der Waals surface area contributed by atoms with Gasteiger partial charge in [-0.3, -0.25) is 0 Å². The molecule has 0 aliphatic rings. The Labute approximate surface area is 130 Å². The Kier molecular flexibility index (Phi) is 5.23. The maximum atomic E-state index is 13.6. The Morgan fingerprint density at radius 2 is 1.04 bits per heavy atom. The minimum Gasteiger partial charge on any atom is -0.191 e. The van der Waals surface area contributed by atoms with Crippen molar-refractivity contribution in [3.8, 4) is 0 Å². The summed E-state index contributed by atoms with van der Waals surface area (Å²) < 4.78 is 129. The minimum absolute atomic E-state index is 0.178. The van der Waals surface area contributed by atoms with E-state index >= 15 is 0 Å². The lowest BCUT2D eigenvalue weighted by Crippen LogP contribution is -2.38. The molecule has 0 aromatic heterocycles. The number of halogens is 10. The van der Waals surface area contributed by atoms with Gasteiger partial charge in [-0.25, -0.2) is 0 Å². The monoisotopic (exact) mass is 369 g/mol. The molecule has 0 saturated carbocycles. The van der Waals surface area contributed by atoms with Crippen LogP contribution in [0.15, 0.2) is 18.2 Å². The lowest BCUT2D eigenvalue weighted by Gasteiger charge is -2.28. The molecule has 0 spiro atoms. The van der Waals surface area contributed by atoms with Crippen LogP contribution < -0.4 is 0 Å². The van der Waals surface area contributed by atoms with Gasteiger partial charge >= 0.3 is 24.2 Å². The Morgan fingerprint density at radius 1 is 0.708 bits per heavy atom. The summed E-state index contributed by atoms with van der Waals surface area (Å²) >= 11 is 0. The number of alkyl halides is 10. The van der Waals surface area contributed by atoms with Gasteiger partial charge in [-0.15, -0.1) is 0 Å². The molecular weight excluding hydrogens is 358 g/mol. The van der Waals surface area contributed by atoms with Crippen LogP contribution in [0.2, 0.25) is 0 Å². The quantitative estimate of drug-likeness (QED) is 0.554. The summed E-state index contributed by atoms with van der Waals surface area (Å²) in [6, 6.07) is 0.664. The molecule has 1 radical (unpaired) electrons. The van der Waals surface area contributed by atoms with Crippen LogP contribution in [0.5, 0.6) is 0 Å². The van der Waals surface area contributed by atoms with Gasteiger partial charge < -0.3 is 0 Å². The molecule has 0 unspecified atom stereocenters. The maximum absolute atomic E-state index is 13.6. The Hall–Kier alpha value is -1.48. The molecule has 0 bridgehead atoms. The summed E-state index contributed by atoms with van der Waals surface area (Å²) in [5.74, 6) is -12.0. The summed E-state index contributed by atoms with van der Waals surface area (Å²) in [6.07, 6.45) is -11.8. The molecule has 0 amide bonds. The molecule has 0 nitrogen and oxygen atoms in total. The Bertz CT molecular complexity index is 536. The van der Waals surface area contributed by atoms with Crippen molar-refractivity contribution >= 4 is 0 Å². The third kappa shape index (κ3) is 3.61. The van der Waals surface area contributed by atoms with Crippen LogP contribution in [0.25, 0.3) is 0 Å². The molecule has 1 rings (SSSR count). The molecule has 0 heterocycles. The minimum atomic E-state index is -6.15. The highest BCUT2D eigenvalue weighted by molar-refractivity contribution is 5.46. The number of hydrogen-bond donors (Lipinski definition) is 0. The van der Waals surface area contributed by atoms with Gasteiger partial charge in [-0.1, -0.05) is 32.0 Å². The van der Waals surface area contributed by atoms with Crippen molar-refractivity contribution in [1.29, 1.82) is 0 Å². The highest BCUT2D eigenvalue weighted by Gasteiger charge is 2.63. The van der Waals surface area contributed by atoms with Crippen LogP contribution in [-0.4, -0.2) is 12.4 Å². The largest absolute Gasteiger partial charge is 0.458 e. The standard InChI is InChI=1S/C14H11F10/c1-7(2)6-8-9(11(15,16)13(19,20)21)4-3-5-10(8)12(17,18)14(22,23)24/h3-7H,1-2H3. The molecule has 1 aromatic rings. The van der Waals surface area contributed by atoms with Crippen LogP contribution in [0.4, 0.5) is 43.9 Å². The number of benzene rings is 1. The fourth-order valence-corrected chi connectivity index (χ4v) is 1.93. The van der Waals surface area contributed by atoms with Crippen molar-refractivity contribution in [3.05, 3.63) is 41.3 Å². The second-order valence-corrected chi connectivity index (χ2v) is 5.32. The molecule has 0 aliphatic carbocycles. The van der Waals surface area contributed by atoms with Crippen LogP contribution in [0, 0.1) is 12.3 Å². The van der Waals surface area contributed by atoms with Crippen LogP contribution in [0.1, 0.15) is 30.5 Å². The first-order chi connectivity index (χ1) is 10.5. The molecule has 1 aromatic carbocycles. The van der Waals surface area contributed by atoms with E-state index in [2.05, 4.69) is 0 Å². The predicted molar refractivity (Wildman–Crippen MR) is 64.6 cm³/mol. The third-order valence-electron chi connectivity index (χ3n) is 2.99. The van der Waals surface area contributed by atoms with E-state index in [9.17, 15) is 43.9 Å². The SMILES string of the molecule is CC(C)[CH]c1c(C(F)(F)C(F)(F)F)cccc1C(F)(F)C(F)(F)F. The zero-order valence-corrected chi connectivity index (χ0v) is 12.2. The van der Waals surface area contributed by atoms with Gasteiger partial charge in [-0.2, -0.15) is 43.9 Å². The summed E-state index contributed by atoms with van der Waals surface area (Å²) in [5.41, 5.74) is -5.38. The van der Waals surface area contributed by atoms with Crippen molar-refractivity contribution in [2.24, 2.45) is 5.92 Å². The van der Waals surface area contributed by atoms with Crippen LogP contribution in [0.3, 0.4) is 0 Å². The van der Waals surface area contributed by atoms with E-state index in [1.165, 1.54) is 13.8 Å². The summed E-state index contributed by atoms with van der Waals surface area (Å²) in [5, 5.41) is 0. The van der Waals surface area contributed by atoms with Gasteiger partial charge in [0, 0.05) is 11.1 Å². The Morgan fingerprint density at radius 3 is 1.29 bits per heavy atom. The van der Waals surface area contributed by atoms with Gasteiger partial charge in [0.15, 0.2) is 0 Å². The van der Waals surface area contributed by atoms with E-state index in [0.717, 1.165) is 0 Å². The fourth-order valence-electron chi connectivity index (χ4n) is 1.93. The second-order valence-electron chi connectivity index (χ2n) is 5.32. The average Bonchev–Trinajstić information content (AvgIpc) is 2.35. The summed E-state index contributed by atoms with van der Waals surface area (Å²) in [4.78, 5) is 0. The van der Waals surface area contributed by atoms with E-state index in [1.54, 1.807) is 0 Å². The molecule has 0 aliphatic heterocycles.